The lowest BCUT2D eigenvalue weighted by Gasteiger charge is -2.05. The van der Waals surface area contributed by atoms with Gasteiger partial charge in [-0.15, -0.1) is 0 Å². The molecule has 0 aliphatic heterocycles. The Labute approximate surface area is 122 Å². The van der Waals surface area contributed by atoms with Gasteiger partial charge in [-0.05, 0) is 36.2 Å². The van der Waals surface area contributed by atoms with Crippen molar-refractivity contribution in [2.45, 2.75) is 13.0 Å². The second-order valence-electron chi connectivity index (χ2n) is 4.48. The van der Waals surface area contributed by atoms with Crippen molar-refractivity contribution in [2.75, 3.05) is 6.54 Å². The molecule has 0 bridgehead atoms. The molecule has 2 aromatic carbocycles. The first-order valence-electron chi connectivity index (χ1n) is 6.33. The summed E-state index contributed by atoms with van der Waals surface area (Å²) in [6, 6.07) is 14.4. The third-order valence-electron chi connectivity index (χ3n) is 2.93. The molecule has 0 unspecified atom stereocenters. The number of nitrogens with one attached hydrogen (secondary N) is 1. The Morgan fingerprint density at radius 1 is 1.10 bits per heavy atom. The van der Waals surface area contributed by atoms with Crippen molar-refractivity contribution in [3.05, 3.63) is 74.8 Å². The Balaban J connectivity index is 1.81. The third kappa shape index (κ3) is 4.33. The van der Waals surface area contributed by atoms with Gasteiger partial charge in [-0.2, -0.15) is 0 Å². The molecule has 0 aliphatic rings. The lowest BCUT2D eigenvalue weighted by Crippen LogP contribution is -2.16. The fourth-order valence-corrected chi connectivity index (χ4v) is 2.15. The van der Waals surface area contributed by atoms with Crippen LogP contribution < -0.4 is 5.32 Å². The summed E-state index contributed by atoms with van der Waals surface area (Å²) in [6.45, 7) is 1.41. The first-order chi connectivity index (χ1) is 9.65. The van der Waals surface area contributed by atoms with E-state index in [4.69, 9.17) is 11.6 Å². The second kappa shape index (κ2) is 7.03. The molecule has 0 radical (unpaired) electrons. The molecule has 0 aromatic heterocycles. The van der Waals surface area contributed by atoms with E-state index >= 15 is 0 Å². The van der Waals surface area contributed by atoms with Crippen molar-refractivity contribution in [3.8, 4) is 0 Å². The van der Waals surface area contributed by atoms with Gasteiger partial charge in [0.1, 0.15) is 0 Å². The molecule has 0 saturated heterocycles. The standard InChI is InChI=1S/C15H15ClN2O2/c16-14-5-1-3-12(9-14)7-8-17-11-13-4-2-6-15(10-13)18(19)20/h1-6,9-10,17H,7-8,11H2. The maximum Gasteiger partial charge on any atom is 0.269 e. The topological polar surface area (TPSA) is 55.2 Å². The number of non-ortho nitro benzene ring substituents is 1. The second-order valence-corrected chi connectivity index (χ2v) is 4.92. The van der Waals surface area contributed by atoms with Crippen molar-refractivity contribution >= 4 is 17.3 Å². The average Bonchev–Trinajstić information content (AvgIpc) is 2.44. The van der Waals surface area contributed by atoms with Gasteiger partial charge in [-0.1, -0.05) is 35.9 Å². The first-order valence-corrected chi connectivity index (χ1v) is 6.71. The van der Waals surface area contributed by atoms with Crippen LogP contribution in [0, 0.1) is 10.1 Å². The minimum Gasteiger partial charge on any atom is -0.312 e. The van der Waals surface area contributed by atoms with Crippen molar-refractivity contribution < 1.29 is 4.92 Å². The summed E-state index contributed by atoms with van der Waals surface area (Å²) in [5.41, 5.74) is 2.20. The number of halogens is 1. The van der Waals surface area contributed by atoms with Gasteiger partial charge >= 0.3 is 0 Å². The number of nitro groups is 1. The van der Waals surface area contributed by atoms with Gasteiger partial charge in [0.05, 0.1) is 4.92 Å². The molecule has 1 N–H and O–H groups in total. The molecule has 0 fully saturated rings. The van der Waals surface area contributed by atoms with Gasteiger partial charge in [0.25, 0.3) is 5.69 Å². The molecule has 0 amide bonds. The Bertz CT molecular complexity index is 602. The van der Waals surface area contributed by atoms with Crippen LogP contribution in [0.3, 0.4) is 0 Å². The lowest BCUT2D eigenvalue weighted by molar-refractivity contribution is -0.384. The molecule has 5 heteroatoms. The van der Waals surface area contributed by atoms with Crippen LogP contribution in [-0.4, -0.2) is 11.5 Å². The van der Waals surface area contributed by atoms with E-state index in [0.29, 0.717) is 6.54 Å². The van der Waals surface area contributed by atoms with Gasteiger partial charge in [0.2, 0.25) is 0 Å². The molecular formula is C15H15ClN2O2. The van der Waals surface area contributed by atoms with Crippen molar-refractivity contribution in [2.24, 2.45) is 0 Å². The van der Waals surface area contributed by atoms with Gasteiger partial charge in [0, 0.05) is 23.7 Å². The van der Waals surface area contributed by atoms with Crippen LogP contribution in [0.25, 0.3) is 0 Å². The van der Waals surface area contributed by atoms with E-state index in [0.717, 1.165) is 23.6 Å². The summed E-state index contributed by atoms with van der Waals surface area (Å²) in [6.07, 6.45) is 0.871. The zero-order valence-corrected chi connectivity index (χ0v) is 11.6. The molecule has 0 saturated carbocycles. The molecule has 2 aromatic rings. The van der Waals surface area contributed by atoms with Crippen LogP contribution in [0.4, 0.5) is 5.69 Å². The van der Waals surface area contributed by atoms with E-state index in [1.165, 1.54) is 11.6 Å². The number of hydrogen-bond donors (Lipinski definition) is 1. The molecule has 104 valence electrons. The van der Waals surface area contributed by atoms with Gasteiger partial charge in [-0.25, -0.2) is 0 Å². The fraction of sp³-hybridized carbons (Fsp3) is 0.200. The van der Waals surface area contributed by atoms with Crippen molar-refractivity contribution in [3.63, 3.8) is 0 Å². The Kier molecular flexibility index (Phi) is 5.09. The molecule has 4 nitrogen and oxygen atoms in total. The summed E-state index contributed by atoms with van der Waals surface area (Å²) in [4.78, 5) is 10.3. The van der Waals surface area contributed by atoms with Crippen LogP contribution in [-0.2, 0) is 13.0 Å². The molecule has 0 aliphatic carbocycles. The smallest absolute Gasteiger partial charge is 0.269 e. The largest absolute Gasteiger partial charge is 0.312 e. The molecular weight excluding hydrogens is 276 g/mol. The molecule has 0 atom stereocenters. The maximum atomic E-state index is 10.7. The first kappa shape index (κ1) is 14.5. The lowest BCUT2D eigenvalue weighted by atomic mass is 10.1. The minimum atomic E-state index is -0.379. The van der Waals surface area contributed by atoms with E-state index < -0.39 is 0 Å². The number of rotatable bonds is 6. The number of nitrogens with zero attached hydrogens (tertiary/aromatic N) is 1. The molecule has 2 rings (SSSR count). The van der Waals surface area contributed by atoms with Crippen molar-refractivity contribution in [1.29, 1.82) is 0 Å². The number of benzene rings is 2. The summed E-state index contributed by atoms with van der Waals surface area (Å²) in [5, 5.41) is 14.7. The molecule has 0 spiro atoms. The maximum absolute atomic E-state index is 10.7. The zero-order chi connectivity index (χ0) is 14.4. The third-order valence-corrected chi connectivity index (χ3v) is 3.17. The van der Waals surface area contributed by atoms with Crippen LogP contribution >= 0.6 is 11.6 Å². The highest BCUT2D eigenvalue weighted by Gasteiger charge is 2.04. The van der Waals surface area contributed by atoms with Crippen molar-refractivity contribution in [1.82, 2.24) is 5.32 Å². The van der Waals surface area contributed by atoms with E-state index in [1.54, 1.807) is 12.1 Å². The highest BCUT2D eigenvalue weighted by atomic mass is 35.5. The summed E-state index contributed by atoms with van der Waals surface area (Å²) < 4.78 is 0. The van der Waals surface area contributed by atoms with E-state index in [1.807, 2.05) is 30.3 Å². The predicted molar refractivity (Wildman–Crippen MR) is 80.0 cm³/mol. The summed E-state index contributed by atoms with van der Waals surface area (Å²) in [5.74, 6) is 0. The minimum absolute atomic E-state index is 0.124. The zero-order valence-electron chi connectivity index (χ0n) is 10.9. The van der Waals surface area contributed by atoms with E-state index in [2.05, 4.69) is 5.32 Å². The van der Waals surface area contributed by atoms with Gasteiger partial charge in [0.15, 0.2) is 0 Å². The van der Waals surface area contributed by atoms with Crippen LogP contribution in [0.5, 0.6) is 0 Å². The van der Waals surface area contributed by atoms with Crippen LogP contribution in [0.15, 0.2) is 48.5 Å². The fourth-order valence-electron chi connectivity index (χ4n) is 1.94. The Morgan fingerprint density at radius 2 is 1.85 bits per heavy atom. The van der Waals surface area contributed by atoms with Crippen LogP contribution in [0.2, 0.25) is 5.02 Å². The van der Waals surface area contributed by atoms with Crippen LogP contribution in [0.1, 0.15) is 11.1 Å². The highest BCUT2D eigenvalue weighted by molar-refractivity contribution is 6.30. The average molecular weight is 291 g/mol. The van der Waals surface area contributed by atoms with E-state index in [9.17, 15) is 10.1 Å². The molecule has 0 heterocycles. The summed E-state index contributed by atoms with van der Waals surface area (Å²) >= 11 is 5.92. The van der Waals surface area contributed by atoms with Gasteiger partial charge in [-0.3, -0.25) is 10.1 Å². The highest BCUT2D eigenvalue weighted by Crippen LogP contribution is 2.13. The predicted octanol–water partition coefficient (Wildman–Crippen LogP) is 3.58. The SMILES string of the molecule is O=[N+]([O-])c1cccc(CNCCc2cccc(Cl)c2)c1. The molecule has 20 heavy (non-hydrogen) atoms. The van der Waals surface area contributed by atoms with Gasteiger partial charge < -0.3 is 5.32 Å². The Morgan fingerprint density at radius 3 is 2.60 bits per heavy atom. The number of nitro benzene ring substituents is 1. The Hall–Kier alpha value is -1.91. The normalized spacial score (nSPS) is 10.4. The quantitative estimate of drug-likeness (QED) is 0.502. The van der Waals surface area contributed by atoms with E-state index in [-0.39, 0.29) is 10.6 Å². The number of hydrogen-bond acceptors (Lipinski definition) is 3. The summed E-state index contributed by atoms with van der Waals surface area (Å²) in [7, 11) is 0. The monoisotopic (exact) mass is 290 g/mol.